The van der Waals surface area contributed by atoms with Gasteiger partial charge in [-0.3, -0.25) is 0 Å². The van der Waals surface area contributed by atoms with E-state index in [0.29, 0.717) is 41.7 Å². The van der Waals surface area contributed by atoms with Gasteiger partial charge >= 0.3 is 0 Å². The van der Waals surface area contributed by atoms with E-state index in [4.69, 9.17) is 4.74 Å². The number of rotatable bonds is 7. The van der Waals surface area contributed by atoms with Gasteiger partial charge in [0, 0.05) is 23.8 Å². The second-order valence-corrected chi connectivity index (χ2v) is 8.21. The van der Waals surface area contributed by atoms with E-state index in [1.165, 1.54) is 29.9 Å². The van der Waals surface area contributed by atoms with Crippen molar-refractivity contribution in [1.29, 1.82) is 0 Å². The predicted molar refractivity (Wildman–Crippen MR) is 114 cm³/mol. The zero-order valence-corrected chi connectivity index (χ0v) is 17.5. The summed E-state index contributed by atoms with van der Waals surface area (Å²) in [5.41, 5.74) is 1.83. The van der Waals surface area contributed by atoms with Crippen LogP contribution in [0.25, 0.3) is 16.9 Å². The van der Waals surface area contributed by atoms with Gasteiger partial charge in [-0.05, 0) is 43.7 Å². The molecule has 30 heavy (non-hydrogen) atoms. The van der Waals surface area contributed by atoms with Crippen molar-refractivity contribution in [3.63, 3.8) is 0 Å². The molecule has 0 unspecified atom stereocenters. The Hall–Kier alpha value is -2.80. The van der Waals surface area contributed by atoms with Crippen LogP contribution in [0.2, 0.25) is 0 Å². The Balaban J connectivity index is 1.42. The third-order valence-electron chi connectivity index (χ3n) is 5.52. The van der Waals surface area contributed by atoms with Crippen LogP contribution < -0.4 is 10.1 Å². The van der Waals surface area contributed by atoms with E-state index >= 15 is 0 Å². The summed E-state index contributed by atoms with van der Waals surface area (Å²) in [7, 11) is 0. The van der Waals surface area contributed by atoms with Crippen LogP contribution in [0.3, 0.4) is 0 Å². The first-order valence-electron chi connectivity index (χ1n) is 10.6. The molecule has 1 fully saturated rings. The lowest BCUT2D eigenvalue weighted by atomic mass is 9.86. The van der Waals surface area contributed by atoms with Crippen molar-refractivity contribution in [2.24, 2.45) is 5.92 Å². The Morgan fingerprint density at radius 2 is 1.97 bits per heavy atom. The highest BCUT2D eigenvalue weighted by Gasteiger charge is 2.22. The molecule has 0 atom stereocenters. The minimum Gasteiger partial charge on any atom is -0.489 e. The molecule has 0 bridgehead atoms. The standard InChI is InChI=1S/C23H28FN5O/c1-16(2)28-19-9-7-17(8-10-19)14-30-22-12-25-15-26-23(22)18-11-27-29(13-18)21-6-4-3-5-20(21)24/h3-6,11-13,15-17,19,28H,7-10,14H2,1-2H3. The first kappa shape index (κ1) is 20.5. The zero-order chi connectivity index (χ0) is 20.9. The maximum atomic E-state index is 14.1. The Morgan fingerprint density at radius 1 is 1.17 bits per heavy atom. The molecular weight excluding hydrogens is 381 g/mol. The van der Waals surface area contributed by atoms with E-state index in [1.54, 1.807) is 36.8 Å². The van der Waals surface area contributed by atoms with Crippen LogP contribution in [0.5, 0.6) is 5.75 Å². The molecule has 4 rings (SSSR count). The van der Waals surface area contributed by atoms with Crippen molar-refractivity contribution in [2.75, 3.05) is 6.61 Å². The minimum absolute atomic E-state index is 0.325. The van der Waals surface area contributed by atoms with Crippen molar-refractivity contribution in [1.82, 2.24) is 25.1 Å². The van der Waals surface area contributed by atoms with Crippen LogP contribution in [0.1, 0.15) is 39.5 Å². The van der Waals surface area contributed by atoms with Gasteiger partial charge < -0.3 is 10.1 Å². The van der Waals surface area contributed by atoms with Crippen molar-refractivity contribution in [2.45, 2.75) is 51.6 Å². The molecule has 0 radical (unpaired) electrons. The maximum absolute atomic E-state index is 14.1. The summed E-state index contributed by atoms with van der Waals surface area (Å²) in [6.07, 6.45) is 11.3. The predicted octanol–water partition coefficient (Wildman–Crippen LogP) is 4.40. The fraction of sp³-hybridized carbons (Fsp3) is 0.435. The van der Waals surface area contributed by atoms with E-state index < -0.39 is 0 Å². The average Bonchev–Trinajstić information content (AvgIpc) is 3.23. The molecule has 1 aliphatic rings. The van der Waals surface area contributed by atoms with Crippen molar-refractivity contribution in [3.05, 3.63) is 55.0 Å². The van der Waals surface area contributed by atoms with Gasteiger partial charge in [0.15, 0.2) is 5.75 Å². The van der Waals surface area contributed by atoms with Gasteiger partial charge in [0.1, 0.15) is 23.5 Å². The number of para-hydroxylation sites is 1. The Morgan fingerprint density at radius 3 is 2.73 bits per heavy atom. The SMILES string of the molecule is CC(C)NC1CCC(COc2cncnc2-c2cnn(-c3ccccc3F)c2)CC1. The third-order valence-corrected chi connectivity index (χ3v) is 5.52. The van der Waals surface area contributed by atoms with Gasteiger partial charge in [0.2, 0.25) is 0 Å². The van der Waals surface area contributed by atoms with Crippen LogP contribution in [-0.2, 0) is 0 Å². The molecular formula is C23H28FN5O. The van der Waals surface area contributed by atoms with Crippen LogP contribution in [0.15, 0.2) is 49.2 Å². The molecule has 7 heteroatoms. The quantitative estimate of drug-likeness (QED) is 0.626. The van der Waals surface area contributed by atoms with Gasteiger partial charge in [-0.2, -0.15) is 5.10 Å². The van der Waals surface area contributed by atoms with E-state index in [9.17, 15) is 4.39 Å². The molecule has 3 aromatic rings. The fourth-order valence-electron chi connectivity index (χ4n) is 4.03. The Kier molecular flexibility index (Phi) is 6.38. The average molecular weight is 410 g/mol. The lowest BCUT2D eigenvalue weighted by Crippen LogP contribution is -2.38. The summed E-state index contributed by atoms with van der Waals surface area (Å²) in [5.74, 6) is 0.839. The summed E-state index contributed by atoms with van der Waals surface area (Å²) in [6.45, 7) is 5.04. The summed E-state index contributed by atoms with van der Waals surface area (Å²) in [5, 5.41) is 7.93. The van der Waals surface area contributed by atoms with Gasteiger partial charge in [-0.1, -0.05) is 26.0 Å². The summed E-state index contributed by atoms with van der Waals surface area (Å²) in [4.78, 5) is 8.52. The van der Waals surface area contributed by atoms with Gasteiger partial charge in [0.25, 0.3) is 0 Å². The second kappa shape index (κ2) is 9.34. The molecule has 2 aromatic heterocycles. The highest BCUT2D eigenvalue weighted by molar-refractivity contribution is 5.64. The molecule has 1 aromatic carbocycles. The smallest absolute Gasteiger partial charge is 0.163 e. The summed E-state index contributed by atoms with van der Waals surface area (Å²) in [6, 6.07) is 7.68. The van der Waals surface area contributed by atoms with Crippen molar-refractivity contribution < 1.29 is 9.13 Å². The van der Waals surface area contributed by atoms with Crippen molar-refractivity contribution in [3.8, 4) is 22.7 Å². The molecule has 0 aliphatic heterocycles. The summed E-state index contributed by atoms with van der Waals surface area (Å²) < 4.78 is 21.7. The monoisotopic (exact) mass is 409 g/mol. The number of ether oxygens (including phenoxy) is 1. The minimum atomic E-state index is -0.325. The number of benzene rings is 1. The molecule has 1 aliphatic carbocycles. The number of hydrogen-bond acceptors (Lipinski definition) is 5. The highest BCUT2D eigenvalue weighted by Crippen LogP contribution is 2.30. The number of aromatic nitrogens is 4. The number of nitrogens with zero attached hydrogens (tertiary/aromatic N) is 4. The van der Waals surface area contributed by atoms with E-state index in [0.717, 1.165) is 18.4 Å². The number of halogens is 1. The molecule has 0 spiro atoms. The van der Waals surface area contributed by atoms with Gasteiger partial charge in [-0.15, -0.1) is 0 Å². The lowest BCUT2D eigenvalue weighted by Gasteiger charge is -2.30. The topological polar surface area (TPSA) is 64.9 Å². The Bertz CT molecular complexity index is 965. The third kappa shape index (κ3) is 4.84. The largest absolute Gasteiger partial charge is 0.489 e. The molecule has 2 heterocycles. The van der Waals surface area contributed by atoms with Crippen LogP contribution >= 0.6 is 0 Å². The number of nitrogens with one attached hydrogen (secondary N) is 1. The molecule has 0 amide bonds. The molecule has 1 saturated carbocycles. The molecule has 0 saturated heterocycles. The highest BCUT2D eigenvalue weighted by atomic mass is 19.1. The van der Waals surface area contributed by atoms with E-state index in [2.05, 4.69) is 34.2 Å². The Labute approximate surface area is 176 Å². The first-order valence-corrected chi connectivity index (χ1v) is 10.6. The van der Waals surface area contributed by atoms with Crippen LogP contribution in [0.4, 0.5) is 4.39 Å². The second-order valence-electron chi connectivity index (χ2n) is 8.21. The number of hydrogen-bond donors (Lipinski definition) is 1. The van der Waals surface area contributed by atoms with Crippen LogP contribution in [-0.4, -0.2) is 38.4 Å². The van der Waals surface area contributed by atoms with Crippen molar-refractivity contribution >= 4 is 0 Å². The molecule has 6 nitrogen and oxygen atoms in total. The maximum Gasteiger partial charge on any atom is 0.163 e. The summed E-state index contributed by atoms with van der Waals surface area (Å²) >= 11 is 0. The fourth-order valence-corrected chi connectivity index (χ4v) is 4.03. The van der Waals surface area contributed by atoms with Gasteiger partial charge in [-0.25, -0.2) is 19.0 Å². The van der Waals surface area contributed by atoms with E-state index in [1.807, 2.05) is 0 Å². The first-order chi connectivity index (χ1) is 14.6. The lowest BCUT2D eigenvalue weighted by molar-refractivity contribution is 0.188. The van der Waals surface area contributed by atoms with Crippen LogP contribution in [0, 0.1) is 11.7 Å². The van der Waals surface area contributed by atoms with E-state index in [-0.39, 0.29) is 5.82 Å². The normalized spacial score (nSPS) is 19.2. The molecule has 1 N–H and O–H groups in total. The molecule has 158 valence electrons. The zero-order valence-electron chi connectivity index (χ0n) is 17.5. The van der Waals surface area contributed by atoms with Gasteiger partial charge in [0.05, 0.1) is 19.0 Å².